The highest BCUT2D eigenvalue weighted by molar-refractivity contribution is 5.48. The molecule has 0 radical (unpaired) electrons. The van der Waals surface area contributed by atoms with E-state index in [-0.39, 0.29) is 0 Å². The second-order valence-corrected chi connectivity index (χ2v) is 6.55. The topological polar surface area (TPSA) is 110 Å². The quantitative estimate of drug-likeness (QED) is 0.507. The maximum Gasteiger partial charge on any atom is 0.194 e. The number of benzene rings is 2. The third kappa shape index (κ3) is 4.25. The highest BCUT2D eigenvalue weighted by atomic mass is 16.5. The molecule has 2 aromatic carbocycles. The Labute approximate surface area is 173 Å². The second kappa shape index (κ2) is 8.84. The zero-order valence-corrected chi connectivity index (χ0v) is 16.2. The Morgan fingerprint density at radius 3 is 2.67 bits per heavy atom. The van der Waals surface area contributed by atoms with Crippen molar-refractivity contribution in [2.45, 2.75) is 19.6 Å². The second-order valence-electron chi connectivity index (χ2n) is 6.55. The van der Waals surface area contributed by atoms with E-state index in [1.807, 2.05) is 43.3 Å². The molecule has 8 heteroatoms. The number of pyridine rings is 1. The molecule has 0 fully saturated rings. The number of nitriles is 1. The Kier molecular flexibility index (Phi) is 5.62. The van der Waals surface area contributed by atoms with Gasteiger partial charge in [-0.15, -0.1) is 5.10 Å². The van der Waals surface area contributed by atoms with Gasteiger partial charge in [-0.1, -0.05) is 24.3 Å². The fourth-order valence-electron chi connectivity index (χ4n) is 2.98. The van der Waals surface area contributed by atoms with Crippen molar-refractivity contribution in [3.05, 3.63) is 95.1 Å². The fourth-order valence-corrected chi connectivity index (χ4v) is 2.98. The van der Waals surface area contributed by atoms with Gasteiger partial charge in [0.25, 0.3) is 0 Å². The lowest BCUT2D eigenvalue weighted by molar-refractivity contribution is 0.232. The molecule has 30 heavy (non-hydrogen) atoms. The number of nitrogens with one attached hydrogen (secondary N) is 1. The van der Waals surface area contributed by atoms with Gasteiger partial charge in [-0.2, -0.15) is 5.26 Å². The molecule has 0 aliphatic rings. The fraction of sp³-hybridized carbons (Fsp3) is 0.136. The molecule has 0 aliphatic carbocycles. The SMILES string of the molecule is Cc1ccccc1C(Oc1cc(OCc2ccncc2)ccc1C#N)c1nnn[nH]1. The average Bonchev–Trinajstić information content (AvgIpc) is 3.32. The molecule has 4 aromatic rings. The molecular formula is C22H18N6O2. The van der Waals surface area contributed by atoms with Gasteiger partial charge in [0.05, 0.1) is 5.56 Å². The number of ether oxygens (including phenoxy) is 2. The van der Waals surface area contributed by atoms with Gasteiger partial charge in [0, 0.05) is 24.0 Å². The molecule has 1 N–H and O–H groups in total. The Hall–Kier alpha value is -4.25. The summed E-state index contributed by atoms with van der Waals surface area (Å²) in [5, 5.41) is 23.7. The van der Waals surface area contributed by atoms with Crippen LogP contribution in [-0.2, 0) is 6.61 Å². The van der Waals surface area contributed by atoms with E-state index in [0.717, 1.165) is 16.7 Å². The summed E-state index contributed by atoms with van der Waals surface area (Å²) in [6.07, 6.45) is 2.82. The maximum atomic E-state index is 9.56. The van der Waals surface area contributed by atoms with Crippen LogP contribution in [0.15, 0.2) is 67.0 Å². The van der Waals surface area contributed by atoms with Gasteiger partial charge in [0.15, 0.2) is 11.9 Å². The van der Waals surface area contributed by atoms with Crippen molar-refractivity contribution in [3.63, 3.8) is 0 Å². The van der Waals surface area contributed by atoms with E-state index in [2.05, 4.69) is 31.7 Å². The van der Waals surface area contributed by atoms with Crippen LogP contribution in [0.2, 0.25) is 0 Å². The molecule has 0 bridgehead atoms. The van der Waals surface area contributed by atoms with E-state index in [9.17, 15) is 5.26 Å². The summed E-state index contributed by atoms with van der Waals surface area (Å²) < 4.78 is 12.1. The zero-order chi connectivity index (χ0) is 20.8. The Morgan fingerprint density at radius 1 is 1.10 bits per heavy atom. The molecule has 0 aliphatic heterocycles. The van der Waals surface area contributed by atoms with E-state index < -0.39 is 6.10 Å². The average molecular weight is 398 g/mol. The summed E-state index contributed by atoms with van der Waals surface area (Å²) in [5.74, 6) is 1.41. The van der Waals surface area contributed by atoms with Gasteiger partial charge in [-0.3, -0.25) is 4.98 Å². The molecular weight excluding hydrogens is 380 g/mol. The number of hydrogen-bond donors (Lipinski definition) is 1. The Balaban J connectivity index is 1.64. The van der Waals surface area contributed by atoms with Crippen LogP contribution >= 0.6 is 0 Å². The summed E-state index contributed by atoms with van der Waals surface area (Å²) in [6, 6.07) is 18.8. The number of aryl methyl sites for hydroxylation is 1. The summed E-state index contributed by atoms with van der Waals surface area (Å²) >= 11 is 0. The molecule has 1 atom stereocenters. The van der Waals surface area contributed by atoms with Crippen LogP contribution in [0.1, 0.15) is 34.2 Å². The minimum atomic E-state index is -0.608. The van der Waals surface area contributed by atoms with Crippen molar-refractivity contribution < 1.29 is 9.47 Å². The van der Waals surface area contributed by atoms with Crippen LogP contribution in [0.25, 0.3) is 0 Å². The van der Waals surface area contributed by atoms with Gasteiger partial charge in [-0.05, 0) is 52.7 Å². The minimum Gasteiger partial charge on any atom is -0.489 e. The van der Waals surface area contributed by atoms with E-state index in [0.29, 0.717) is 29.5 Å². The van der Waals surface area contributed by atoms with Gasteiger partial charge in [0.1, 0.15) is 24.2 Å². The molecule has 4 rings (SSSR count). The van der Waals surface area contributed by atoms with Crippen molar-refractivity contribution in [2.24, 2.45) is 0 Å². The van der Waals surface area contributed by atoms with Gasteiger partial charge in [0.2, 0.25) is 0 Å². The molecule has 148 valence electrons. The molecule has 8 nitrogen and oxygen atoms in total. The molecule has 2 aromatic heterocycles. The normalized spacial score (nSPS) is 11.5. The highest BCUT2D eigenvalue weighted by Crippen LogP contribution is 2.32. The standard InChI is InChI=1S/C22H18N6O2/c1-15-4-2-3-5-19(15)21(22-25-27-28-26-22)30-20-12-18(7-6-17(20)13-23)29-14-16-8-10-24-11-9-16/h2-12,21H,14H2,1H3,(H,25,26,27,28). The van der Waals surface area contributed by atoms with Crippen molar-refractivity contribution in [2.75, 3.05) is 0 Å². The van der Waals surface area contributed by atoms with Crippen LogP contribution in [0.5, 0.6) is 11.5 Å². The first-order valence-corrected chi connectivity index (χ1v) is 9.26. The Bertz CT molecular complexity index is 1160. The van der Waals surface area contributed by atoms with E-state index in [4.69, 9.17) is 9.47 Å². The molecule has 0 spiro atoms. The largest absolute Gasteiger partial charge is 0.489 e. The zero-order valence-electron chi connectivity index (χ0n) is 16.2. The summed E-state index contributed by atoms with van der Waals surface area (Å²) in [4.78, 5) is 4.00. The van der Waals surface area contributed by atoms with Crippen LogP contribution < -0.4 is 9.47 Å². The van der Waals surface area contributed by atoms with E-state index >= 15 is 0 Å². The van der Waals surface area contributed by atoms with Crippen molar-refractivity contribution in [3.8, 4) is 17.6 Å². The lowest BCUT2D eigenvalue weighted by atomic mass is 10.0. The maximum absolute atomic E-state index is 9.56. The predicted molar refractivity (Wildman–Crippen MR) is 108 cm³/mol. The van der Waals surface area contributed by atoms with Crippen LogP contribution in [0.3, 0.4) is 0 Å². The Morgan fingerprint density at radius 2 is 1.93 bits per heavy atom. The van der Waals surface area contributed by atoms with Crippen molar-refractivity contribution in [1.29, 1.82) is 5.26 Å². The summed E-state index contributed by atoms with van der Waals surface area (Å²) in [7, 11) is 0. The monoisotopic (exact) mass is 398 g/mol. The van der Waals surface area contributed by atoms with Crippen molar-refractivity contribution >= 4 is 0 Å². The van der Waals surface area contributed by atoms with Crippen molar-refractivity contribution in [1.82, 2.24) is 25.6 Å². The molecule has 0 saturated carbocycles. The first-order chi connectivity index (χ1) is 14.7. The lowest BCUT2D eigenvalue weighted by Gasteiger charge is -2.20. The number of tetrazole rings is 1. The number of hydrogen-bond acceptors (Lipinski definition) is 7. The summed E-state index contributed by atoms with van der Waals surface area (Å²) in [6.45, 7) is 2.36. The van der Waals surface area contributed by atoms with E-state index in [1.54, 1.807) is 30.6 Å². The third-order valence-corrected chi connectivity index (χ3v) is 4.55. The van der Waals surface area contributed by atoms with Gasteiger partial charge in [-0.25, -0.2) is 5.10 Å². The lowest BCUT2D eigenvalue weighted by Crippen LogP contribution is -2.13. The molecule has 0 saturated heterocycles. The molecule has 1 unspecified atom stereocenters. The predicted octanol–water partition coefficient (Wildman–Crippen LogP) is 3.52. The number of H-pyrrole nitrogens is 1. The molecule has 2 heterocycles. The molecule has 0 amide bonds. The first-order valence-electron chi connectivity index (χ1n) is 9.26. The number of aromatic amines is 1. The van der Waals surface area contributed by atoms with Gasteiger partial charge < -0.3 is 9.47 Å². The minimum absolute atomic E-state index is 0.376. The highest BCUT2D eigenvalue weighted by Gasteiger charge is 2.23. The van der Waals surface area contributed by atoms with Crippen LogP contribution in [0, 0.1) is 18.3 Å². The smallest absolute Gasteiger partial charge is 0.194 e. The van der Waals surface area contributed by atoms with E-state index in [1.165, 1.54) is 0 Å². The number of aromatic nitrogens is 5. The summed E-state index contributed by atoms with van der Waals surface area (Å²) in [5.41, 5.74) is 3.28. The first kappa shape index (κ1) is 19.1. The number of nitrogens with zero attached hydrogens (tertiary/aromatic N) is 5. The van der Waals surface area contributed by atoms with Crippen LogP contribution in [0.4, 0.5) is 0 Å². The van der Waals surface area contributed by atoms with Gasteiger partial charge >= 0.3 is 0 Å². The third-order valence-electron chi connectivity index (χ3n) is 4.55. The van der Waals surface area contributed by atoms with Crippen LogP contribution in [-0.4, -0.2) is 25.6 Å². The number of rotatable bonds is 7.